The van der Waals surface area contributed by atoms with Crippen molar-refractivity contribution >= 4 is 33.3 Å². The molecule has 20 heavy (non-hydrogen) atoms. The van der Waals surface area contributed by atoms with Crippen LogP contribution < -0.4 is 9.73 Å². The molecular formula is C13H15N3O2S2. The van der Waals surface area contributed by atoms with E-state index in [1.54, 1.807) is 11.4 Å². The van der Waals surface area contributed by atoms with E-state index in [0.717, 1.165) is 22.6 Å². The average Bonchev–Trinajstić information content (AvgIpc) is 2.94. The minimum absolute atomic E-state index is 0.248. The zero-order chi connectivity index (χ0) is 14.6. The fourth-order valence-electron chi connectivity index (χ4n) is 1.49. The van der Waals surface area contributed by atoms with Crippen LogP contribution >= 0.6 is 11.3 Å². The second kappa shape index (κ2) is 6.06. The van der Waals surface area contributed by atoms with Crippen LogP contribution in [-0.2, 0) is 10.0 Å². The molecule has 1 aromatic heterocycles. The lowest BCUT2D eigenvalue weighted by atomic mass is 10.2. The molecule has 0 aliphatic heterocycles. The number of rotatable bonds is 5. The average molecular weight is 309 g/mol. The van der Waals surface area contributed by atoms with Crippen LogP contribution in [0, 0.1) is 0 Å². The first-order valence-electron chi connectivity index (χ1n) is 5.85. The summed E-state index contributed by atoms with van der Waals surface area (Å²) in [6.07, 6.45) is 1.48. The second-order valence-electron chi connectivity index (χ2n) is 4.27. The predicted molar refractivity (Wildman–Crippen MR) is 83.0 cm³/mol. The maximum atomic E-state index is 11.8. The Labute approximate surface area is 122 Å². The van der Waals surface area contributed by atoms with Crippen LogP contribution in [-0.4, -0.2) is 28.7 Å². The zero-order valence-electron chi connectivity index (χ0n) is 11.1. The molecule has 0 aliphatic carbocycles. The number of nitrogens with one attached hydrogen (secondary N) is 1. The number of anilines is 1. The quantitative estimate of drug-likeness (QED) is 0.680. The monoisotopic (exact) mass is 309 g/mol. The van der Waals surface area contributed by atoms with E-state index in [1.165, 1.54) is 12.3 Å². The van der Waals surface area contributed by atoms with Gasteiger partial charge in [0.15, 0.2) is 0 Å². The molecular weight excluding hydrogens is 294 g/mol. The lowest BCUT2D eigenvalue weighted by Crippen LogP contribution is -2.17. The van der Waals surface area contributed by atoms with Crippen molar-refractivity contribution in [3.05, 3.63) is 47.3 Å². The number of thiophene rings is 1. The van der Waals surface area contributed by atoms with Crippen LogP contribution in [0.25, 0.3) is 0 Å². The number of benzene rings is 1. The van der Waals surface area contributed by atoms with Gasteiger partial charge < -0.3 is 4.90 Å². The van der Waals surface area contributed by atoms with Gasteiger partial charge >= 0.3 is 0 Å². The molecule has 0 saturated heterocycles. The van der Waals surface area contributed by atoms with Crippen LogP contribution in [0.4, 0.5) is 5.69 Å². The molecule has 5 nitrogen and oxygen atoms in total. The standard InChI is InChI=1S/C13H15N3O2S2/c1-16(2)12-7-5-11(6-8-12)10-14-15-20(17,18)13-4-3-9-19-13/h3-10,15H,1-2H3/b14-10+. The first-order chi connectivity index (χ1) is 9.49. The van der Waals surface area contributed by atoms with E-state index in [0.29, 0.717) is 0 Å². The Hall–Kier alpha value is -1.86. The van der Waals surface area contributed by atoms with Gasteiger partial charge in [0.1, 0.15) is 4.21 Å². The maximum absolute atomic E-state index is 11.8. The lowest BCUT2D eigenvalue weighted by molar-refractivity contribution is 0.587. The Kier molecular flexibility index (Phi) is 4.41. The molecule has 0 amide bonds. The van der Waals surface area contributed by atoms with Crippen molar-refractivity contribution in [3.63, 3.8) is 0 Å². The third-order valence-electron chi connectivity index (χ3n) is 2.56. The Morgan fingerprint density at radius 3 is 2.45 bits per heavy atom. The van der Waals surface area contributed by atoms with E-state index in [2.05, 4.69) is 9.93 Å². The van der Waals surface area contributed by atoms with E-state index in [1.807, 2.05) is 43.3 Å². The van der Waals surface area contributed by atoms with Crippen molar-refractivity contribution in [1.29, 1.82) is 0 Å². The highest BCUT2D eigenvalue weighted by Gasteiger charge is 2.12. The van der Waals surface area contributed by atoms with Gasteiger partial charge in [0.2, 0.25) is 0 Å². The highest BCUT2D eigenvalue weighted by Crippen LogP contribution is 2.15. The van der Waals surface area contributed by atoms with Crippen LogP contribution in [0.15, 0.2) is 51.1 Å². The normalized spacial score (nSPS) is 11.7. The van der Waals surface area contributed by atoms with E-state index >= 15 is 0 Å². The van der Waals surface area contributed by atoms with E-state index < -0.39 is 10.0 Å². The molecule has 1 aromatic carbocycles. The van der Waals surface area contributed by atoms with Crippen LogP contribution in [0.3, 0.4) is 0 Å². The van der Waals surface area contributed by atoms with Gasteiger partial charge in [-0.1, -0.05) is 18.2 Å². The highest BCUT2D eigenvalue weighted by molar-refractivity contribution is 7.91. The van der Waals surface area contributed by atoms with Crippen molar-refractivity contribution in [2.45, 2.75) is 4.21 Å². The Morgan fingerprint density at radius 1 is 1.20 bits per heavy atom. The van der Waals surface area contributed by atoms with Crippen molar-refractivity contribution < 1.29 is 8.42 Å². The summed E-state index contributed by atoms with van der Waals surface area (Å²) in [4.78, 5) is 4.18. The molecule has 2 rings (SSSR count). The van der Waals surface area contributed by atoms with Crippen molar-refractivity contribution in [1.82, 2.24) is 4.83 Å². The van der Waals surface area contributed by atoms with Crippen molar-refractivity contribution in [2.24, 2.45) is 5.10 Å². The molecule has 2 aromatic rings. The third kappa shape index (κ3) is 3.58. The smallest absolute Gasteiger partial charge is 0.286 e. The van der Waals surface area contributed by atoms with Gasteiger partial charge in [-0.15, -0.1) is 11.3 Å². The number of hydrazone groups is 1. The minimum Gasteiger partial charge on any atom is -0.378 e. The SMILES string of the molecule is CN(C)c1ccc(/C=N/NS(=O)(=O)c2cccs2)cc1. The Bertz CT molecular complexity index is 675. The van der Waals surface area contributed by atoms with Gasteiger partial charge in [-0.05, 0) is 29.1 Å². The summed E-state index contributed by atoms with van der Waals surface area (Å²) in [6, 6.07) is 10.8. The van der Waals surface area contributed by atoms with E-state index in [9.17, 15) is 8.42 Å². The number of hydrogen-bond donors (Lipinski definition) is 1. The lowest BCUT2D eigenvalue weighted by Gasteiger charge is -2.11. The summed E-state index contributed by atoms with van der Waals surface area (Å²) >= 11 is 1.15. The molecule has 0 saturated carbocycles. The predicted octanol–water partition coefficient (Wildman–Crippen LogP) is 2.13. The molecule has 1 N–H and O–H groups in total. The fourth-order valence-corrected chi connectivity index (χ4v) is 3.26. The maximum Gasteiger partial charge on any atom is 0.286 e. The summed E-state index contributed by atoms with van der Waals surface area (Å²) in [5.74, 6) is 0. The molecule has 0 bridgehead atoms. The van der Waals surface area contributed by atoms with Crippen molar-refractivity contribution in [3.8, 4) is 0 Å². The largest absolute Gasteiger partial charge is 0.378 e. The third-order valence-corrected chi connectivity index (χ3v) is 5.18. The second-order valence-corrected chi connectivity index (χ2v) is 7.11. The summed E-state index contributed by atoms with van der Waals surface area (Å²) in [5.41, 5.74) is 1.89. The van der Waals surface area contributed by atoms with Gasteiger partial charge in [0, 0.05) is 19.8 Å². The van der Waals surface area contributed by atoms with Gasteiger partial charge in [-0.3, -0.25) is 0 Å². The summed E-state index contributed by atoms with van der Waals surface area (Å²) < 4.78 is 23.9. The first-order valence-corrected chi connectivity index (χ1v) is 8.21. The minimum atomic E-state index is -3.55. The van der Waals surface area contributed by atoms with Gasteiger partial charge in [-0.25, -0.2) is 0 Å². The van der Waals surface area contributed by atoms with E-state index in [-0.39, 0.29) is 4.21 Å². The molecule has 0 radical (unpaired) electrons. The molecule has 7 heteroatoms. The molecule has 1 heterocycles. The van der Waals surface area contributed by atoms with Crippen LogP contribution in [0.2, 0.25) is 0 Å². The van der Waals surface area contributed by atoms with Gasteiger partial charge in [0.05, 0.1) is 6.21 Å². The van der Waals surface area contributed by atoms with Crippen LogP contribution in [0.1, 0.15) is 5.56 Å². The molecule has 0 spiro atoms. The fraction of sp³-hybridized carbons (Fsp3) is 0.154. The number of sulfonamides is 1. The highest BCUT2D eigenvalue weighted by atomic mass is 32.2. The van der Waals surface area contributed by atoms with E-state index in [4.69, 9.17) is 0 Å². The molecule has 106 valence electrons. The molecule has 0 atom stereocenters. The summed E-state index contributed by atoms with van der Waals surface area (Å²) in [7, 11) is 0.367. The number of nitrogens with zero attached hydrogens (tertiary/aromatic N) is 2. The zero-order valence-corrected chi connectivity index (χ0v) is 12.8. The molecule has 0 unspecified atom stereocenters. The summed E-state index contributed by atoms with van der Waals surface area (Å²) in [6.45, 7) is 0. The van der Waals surface area contributed by atoms with Crippen LogP contribution in [0.5, 0.6) is 0 Å². The molecule has 0 fully saturated rings. The topological polar surface area (TPSA) is 61.8 Å². The summed E-state index contributed by atoms with van der Waals surface area (Å²) in [5, 5.41) is 5.48. The first kappa shape index (κ1) is 14.5. The van der Waals surface area contributed by atoms with Crippen molar-refractivity contribution in [2.75, 3.05) is 19.0 Å². The van der Waals surface area contributed by atoms with Gasteiger partial charge in [0.25, 0.3) is 10.0 Å². The van der Waals surface area contributed by atoms with Gasteiger partial charge in [-0.2, -0.15) is 18.4 Å². The Balaban J connectivity index is 2.03. The number of hydrogen-bond acceptors (Lipinski definition) is 5. The molecule has 0 aliphatic rings. The Morgan fingerprint density at radius 2 is 1.90 bits per heavy atom.